The highest BCUT2D eigenvalue weighted by Gasteiger charge is 2.08. The zero-order valence-electron chi connectivity index (χ0n) is 13.9. The van der Waals surface area contributed by atoms with Crippen LogP contribution in [0.5, 0.6) is 0 Å². The second-order valence-electron chi connectivity index (χ2n) is 6.14. The van der Waals surface area contributed by atoms with Gasteiger partial charge in [-0.3, -0.25) is 4.90 Å². The van der Waals surface area contributed by atoms with Gasteiger partial charge < -0.3 is 5.32 Å². The molecule has 24 heavy (non-hydrogen) atoms. The van der Waals surface area contributed by atoms with Crippen LogP contribution in [0.3, 0.4) is 0 Å². The van der Waals surface area contributed by atoms with Gasteiger partial charge in [0.1, 0.15) is 0 Å². The Morgan fingerprint density at radius 2 is 1.79 bits per heavy atom. The largest absolute Gasteiger partial charge is 0.314 e. The van der Waals surface area contributed by atoms with Gasteiger partial charge in [0.25, 0.3) is 0 Å². The molecule has 1 fully saturated rings. The van der Waals surface area contributed by atoms with E-state index in [4.69, 9.17) is 23.2 Å². The molecule has 1 saturated heterocycles. The Hall–Kier alpha value is -1.32. The van der Waals surface area contributed by atoms with Crippen molar-refractivity contribution >= 4 is 28.8 Å². The molecule has 1 heterocycles. The minimum atomic E-state index is 0.659. The van der Waals surface area contributed by atoms with E-state index in [0.29, 0.717) is 10.0 Å². The number of rotatable bonds is 4. The number of benzene rings is 2. The lowest BCUT2D eigenvalue weighted by Gasteiger charge is -2.26. The average Bonchev–Trinajstić information content (AvgIpc) is 2.61. The summed E-state index contributed by atoms with van der Waals surface area (Å²) in [5.41, 5.74) is 4.67. The van der Waals surface area contributed by atoms with Gasteiger partial charge in [0, 0.05) is 48.3 Å². The lowest BCUT2D eigenvalue weighted by atomic mass is 10.0. The molecule has 0 atom stereocenters. The number of hydrogen-bond acceptors (Lipinski definition) is 2. The Bertz CT molecular complexity index is 717. The lowest BCUT2D eigenvalue weighted by Crippen LogP contribution is -2.43. The van der Waals surface area contributed by atoms with Crippen LogP contribution in [-0.4, -0.2) is 37.6 Å². The maximum Gasteiger partial charge on any atom is 0.0499 e. The Balaban J connectivity index is 1.71. The molecule has 1 N–H and O–H groups in total. The summed E-state index contributed by atoms with van der Waals surface area (Å²) in [5, 5.41) is 4.72. The van der Waals surface area contributed by atoms with Crippen molar-refractivity contribution in [3.8, 4) is 11.1 Å². The summed E-state index contributed by atoms with van der Waals surface area (Å²) < 4.78 is 0. The van der Waals surface area contributed by atoms with E-state index in [-0.39, 0.29) is 0 Å². The monoisotopic (exact) mass is 360 g/mol. The third-order valence-corrected chi connectivity index (χ3v) is 5.00. The molecule has 3 rings (SSSR count). The predicted molar refractivity (Wildman–Crippen MR) is 105 cm³/mol. The lowest BCUT2D eigenvalue weighted by molar-refractivity contribution is 0.265. The predicted octanol–water partition coefficient (Wildman–Crippen LogP) is 4.97. The van der Waals surface area contributed by atoms with E-state index in [1.54, 1.807) is 6.07 Å². The van der Waals surface area contributed by atoms with Crippen LogP contribution in [0.25, 0.3) is 16.7 Å². The molecule has 0 amide bonds. The fourth-order valence-corrected chi connectivity index (χ4v) is 3.43. The fourth-order valence-electron chi connectivity index (χ4n) is 2.91. The smallest absolute Gasteiger partial charge is 0.0499 e. The highest BCUT2D eigenvalue weighted by molar-refractivity contribution is 6.36. The van der Waals surface area contributed by atoms with Crippen molar-refractivity contribution in [3.05, 3.63) is 64.1 Å². The fraction of sp³-hybridized carbons (Fsp3) is 0.300. The number of hydrogen-bond donors (Lipinski definition) is 1. The van der Waals surface area contributed by atoms with E-state index >= 15 is 0 Å². The van der Waals surface area contributed by atoms with Gasteiger partial charge in [-0.2, -0.15) is 0 Å². The van der Waals surface area contributed by atoms with E-state index in [0.717, 1.165) is 43.9 Å². The van der Waals surface area contributed by atoms with Gasteiger partial charge >= 0.3 is 0 Å². The van der Waals surface area contributed by atoms with Crippen LogP contribution in [0.2, 0.25) is 10.0 Å². The molecular weight excluding hydrogens is 339 g/mol. The molecule has 0 saturated carbocycles. The first-order valence-corrected chi connectivity index (χ1v) is 9.05. The molecule has 0 spiro atoms. The molecular formula is C20H22Cl2N2. The molecule has 1 aliphatic rings. The molecule has 2 aromatic carbocycles. The third kappa shape index (κ3) is 4.40. The standard InChI is InChI=1S/C20H22Cl2N2/c1-15(8-11-24-12-9-23-10-13-24)16-2-4-17(5-3-16)19-7-6-18(21)14-20(19)22/h2-8,14,23H,9-13H2,1H3/b15-8-. The summed E-state index contributed by atoms with van der Waals surface area (Å²) in [4.78, 5) is 2.47. The van der Waals surface area contributed by atoms with Crippen LogP contribution in [0, 0.1) is 0 Å². The van der Waals surface area contributed by atoms with Crippen LogP contribution in [0.1, 0.15) is 12.5 Å². The normalized spacial score (nSPS) is 16.4. The van der Waals surface area contributed by atoms with Gasteiger partial charge in [-0.05, 0) is 35.8 Å². The van der Waals surface area contributed by atoms with Crippen LogP contribution in [0.15, 0.2) is 48.5 Å². The van der Waals surface area contributed by atoms with Crippen LogP contribution in [0.4, 0.5) is 0 Å². The zero-order valence-corrected chi connectivity index (χ0v) is 15.4. The first kappa shape index (κ1) is 17.5. The van der Waals surface area contributed by atoms with E-state index in [1.807, 2.05) is 12.1 Å². The maximum absolute atomic E-state index is 6.30. The Morgan fingerprint density at radius 3 is 2.46 bits per heavy atom. The second-order valence-corrected chi connectivity index (χ2v) is 6.98. The first-order valence-electron chi connectivity index (χ1n) is 8.29. The molecule has 0 radical (unpaired) electrons. The number of allylic oxidation sites excluding steroid dienone is 1. The van der Waals surface area contributed by atoms with Crippen molar-refractivity contribution in [3.63, 3.8) is 0 Å². The summed E-state index contributed by atoms with van der Waals surface area (Å²) >= 11 is 12.3. The van der Waals surface area contributed by atoms with Crippen LogP contribution >= 0.6 is 23.2 Å². The van der Waals surface area contributed by atoms with Crippen molar-refractivity contribution in [1.29, 1.82) is 0 Å². The molecule has 0 bridgehead atoms. The van der Waals surface area contributed by atoms with Gasteiger partial charge in [0.05, 0.1) is 0 Å². The molecule has 2 aromatic rings. The summed E-state index contributed by atoms with van der Waals surface area (Å²) in [6.07, 6.45) is 2.32. The second kappa shape index (κ2) is 8.17. The van der Waals surface area contributed by atoms with Crippen molar-refractivity contribution < 1.29 is 0 Å². The summed E-state index contributed by atoms with van der Waals surface area (Å²) in [6, 6.07) is 14.2. The molecule has 126 valence electrons. The van der Waals surface area contributed by atoms with Crippen LogP contribution in [-0.2, 0) is 0 Å². The van der Waals surface area contributed by atoms with Gasteiger partial charge in [0.15, 0.2) is 0 Å². The number of halogens is 2. The van der Waals surface area contributed by atoms with Gasteiger partial charge in [0.2, 0.25) is 0 Å². The Morgan fingerprint density at radius 1 is 1.08 bits per heavy atom. The van der Waals surface area contributed by atoms with Gasteiger partial charge in [-0.25, -0.2) is 0 Å². The Labute approximate surface area is 154 Å². The number of nitrogens with one attached hydrogen (secondary N) is 1. The molecule has 2 nitrogen and oxygen atoms in total. The van der Waals surface area contributed by atoms with Crippen molar-refractivity contribution in [1.82, 2.24) is 10.2 Å². The summed E-state index contributed by atoms with van der Waals surface area (Å²) in [5.74, 6) is 0. The van der Waals surface area contributed by atoms with E-state index in [1.165, 1.54) is 11.1 Å². The van der Waals surface area contributed by atoms with E-state index < -0.39 is 0 Å². The summed E-state index contributed by atoms with van der Waals surface area (Å²) in [6.45, 7) is 7.60. The SMILES string of the molecule is C/C(=C/CN1CCNCC1)c1ccc(-c2ccc(Cl)cc2Cl)cc1. The van der Waals surface area contributed by atoms with E-state index in [9.17, 15) is 0 Å². The van der Waals surface area contributed by atoms with Gasteiger partial charge in [-0.15, -0.1) is 0 Å². The quantitative estimate of drug-likeness (QED) is 0.827. The molecule has 0 aromatic heterocycles. The first-order chi connectivity index (χ1) is 11.6. The van der Waals surface area contributed by atoms with Crippen LogP contribution < -0.4 is 5.32 Å². The van der Waals surface area contributed by atoms with Crippen molar-refractivity contribution in [2.45, 2.75) is 6.92 Å². The van der Waals surface area contributed by atoms with E-state index in [2.05, 4.69) is 47.5 Å². The molecule has 1 aliphatic heterocycles. The van der Waals surface area contributed by atoms with Crippen molar-refractivity contribution in [2.75, 3.05) is 32.7 Å². The summed E-state index contributed by atoms with van der Waals surface area (Å²) in [7, 11) is 0. The Kier molecular flexibility index (Phi) is 5.96. The molecule has 0 unspecified atom stereocenters. The highest BCUT2D eigenvalue weighted by atomic mass is 35.5. The zero-order chi connectivity index (χ0) is 16.9. The highest BCUT2D eigenvalue weighted by Crippen LogP contribution is 2.31. The maximum atomic E-state index is 6.30. The third-order valence-electron chi connectivity index (χ3n) is 4.45. The minimum Gasteiger partial charge on any atom is -0.314 e. The minimum absolute atomic E-state index is 0.659. The average molecular weight is 361 g/mol. The van der Waals surface area contributed by atoms with Crippen molar-refractivity contribution in [2.24, 2.45) is 0 Å². The molecule has 0 aliphatic carbocycles. The number of nitrogens with zero attached hydrogens (tertiary/aromatic N) is 1. The van der Waals surface area contributed by atoms with Gasteiger partial charge in [-0.1, -0.05) is 59.6 Å². The molecule has 4 heteroatoms. The number of piperazine rings is 1. The topological polar surface area (TPSA) is 15.3 Å².